The highest BCUT2D eigenvalue weighted by Crippen LogP contribution is 2.32. The molecule has 0 aliphatic heterocycles. The van der Waals surface area contributed by atoms with Crippen molar-refractivity contribution < 1.29 is 4.74 Å². The molecule has 2 atom stereocenters. The van der Waals surface area contributed by atoms with Crippen LogP contribution in [0.15, 0.2) is 6.33 Å². The molecular weight excluding hydrogens is 240 g/mol. The van der Waals surface area contributed by atoms with E-state index in [1.54, 1.807) is 13.4 Å². The number of rotatable bonds is 5. The molecule has 1 fully saturated rings. The number of methoxy groups -OCH3 is 1. The Balaban J connectivity index is 2.12. The van der Waals surface area contributed by atoms with Gasteiger partial charge in [-0.05, 0) is 25.7 Å². The van der Waals surface area contributed by atoms with Gasteiger partial charge in [0.15, 0.2) is 11.6 Å². The highest BCUT2D eigenvalue weighted by molar-refractivity contribution is 5.63. The van der Waals surface area contributed by atoms with E-state index in [1.165, 1.54) is 25.7 Å². The topological polar surface area (TPSA) is 59.1 Å². The van der Waals surface area contributed by atoms with Gasteiger partial charge in [0, 0.05) is 12.6 Å². The number of hydrogen-bond donors (Lipinski definition) is 2. The Morgan fingerprint density at radius 3 is 2.79 bits per heavy atom. The van der Waals surface area contributed by atoms with Crippen LogP contribution in [0.25, 0.3) is 0 Å². The molecule has 5 heteroatoms. The van der Waals surface area contributed by atoms with Crippen LogP contribution in [0.5, 0.6) is 5.75 Å². The van der Waals surface area contributed by atoms with E-state index in [2.05, 4.69) is 27.5 Å². The van der Waals surface area contributed by atoms with Gasteiger partial charge in [0.25, 0.3) is 0 Å². The lowest BCUT2D eigenvalue weighted by atomic mass is 9.87. The van der Waals surface area contributed by atoms with E-state index in [4.69, 9.17) is 4.74 Å². The van der Waals surface area contributed by atoms with Crippen molar-refractivity contribution in [3.8, 4) is 5.75 Å². The van der Waals surface area contributed by atoms with Gasteiger partial charge >= 0.3 is 0 Å². The Morgan fingerprint density at radius 2 is 2.11 bits per heavy atom. The van der Waals surface area contributed by atoms with Crippen LogP contribution in [0.2, 0.25) is 0 Å². The average molecular weight is 264 g/mol. The minimum atomic E-state index is 0.488. The van der Waals surface area contributed by atoms with E-state index >= 15 is 0 Å². The molecule has 2 unspecified atom stereocenters. The minimum absolute atomic E-state index is 0.488. The minimum Gasteiger partial charge on any atom is -0.490 e. The zero-order valence-corrected chi connectivity index (χ0v) is 12.1. The molecule has 2 rings (SSSR count). The van der Waals surface area contributed by atoms with Gasteiger partial charge in [-0.2, -0.15) is 0 Å². The predicted molar refractivity (Wildman–Crippen MR) is 77.8 cm³/mol. The summed E-state index contributed by atoms with van der Waals surface area (Å²) in [5.74, 6) is 3.05. The first-order valence-corrected chi connectivity index (χ1v) is 7.14. The third-order valence-electron chi connectivity index (χ3n) is 3.63. The summed E-state index contributed by atoms with van der Waals surface area (Å²) in [5, 5.41) is 6.71. The first-order chi connectivity index (χ1) is 9.24. The van der Waals surface area contributed by atoms with Crippen molar-refractivity contribution in [2.75, 3.05) is 24.3 Å². The quantitative estimate of drug-likeness (QED) is 0.856. The fraction of sp³-hybridized carbons (Fsp3) is 0.714. The van der Waals surface area contributed by atoms with Gasteiger partial charge < -0.3 is 15.4 Å². The number of nitrogens with one attached hydrogen (secondary N) is 2. The zero-order valence-electron chi connectivity index (χ0n) is 12.1. The molecule has 0 aromatic carbocycles. The van der Waals surface area contributed by atoms with Gasteiger partial charge in [0.1, 0.15) is 6.33 Å². The highest BCUT2D eigenvalue weighted by Gasteiger charge is 2.21. The maximum absolute atomic E-state index is 5.45. The van der Waals surface area contributed by atoms with Gasteiger partial charge in [-0.25, -0.2) is 9.97 Å². The molecule has 1 aromatic heterocycles. The van der Waals surface area contributed by atoms with Crippen LogP contribution < -0.4 is 15.4 Å². The molecule has 0 bridgehead atoms. The SMILES string of the molecule is CCNc1ncnc(NC2CCCC(C)C2)c1OC. The first kappa shape index (κ1) is 13.9. The molecule has 19 heavy (non-hydrogen) atoms. The normalized spacial score (nSPS) is 22.9. The molecule has 0 radical (unpaired) electrons. The number of nitrogens with zero attached hydrogens (tertiary/aromatic N) is 2. The molecule has 0 amide bonds. The Bertz CT molecular complexity index is 410. The second kappa shape index (κ2) is 6.59. The zero-order chi connectivity index (χ0) is 13.7. The summed E-state index contributed by atoms with van der Waals surface area (Å²) in [6.45, 7) is 5.17. The van der Waals surface area contributed by atoms with Crippen molar-refractivity contribution in [2.24, 2.45) is 5.92 Å². The molecule has 0 spiro atoms. The molecule has 1 heterocycles. The Morgan fingerprint density at radius 1 is 1.32 bits per heavy atom. The molecular formula is C14H24N4O. The van der Waals surface area contributed by atoms with Gasteiger partial charge in [-0.15, -0.1) is 0 Å². The number of ether oxygens (including phenoxy) is 1. The molecule has 1 aromatic rings. The standard InChI is InChI=1S/C14H24N4O/c1-4-15-13-12(19-3)14(17-9-16-13)18-11-7-5-6-10(2)8-11/h9-11H,4-8H2,1-3H3,(H2,15,16,17,18). The second-order valence-corrected chi connectivity index (χ2v) is 5.25. The van der Waals surface area contributed by atoms with Crippen molar-refractivity contribution in [1.82, 2.24) is 9.97 Å². The van der Waals surface area contributed by atoms with Crippen molar-refractivity contribution in [3.05, 3.63) is 6.33 Å². The molecule has 1 saturated carbocycles. The van der Waals surface area contributed by atoms with Crippen LogP contribution in [-0.2, 0) is 0 Å². The van der Waals surface area contributed by atoms with E-state index in [1.807, 2.05) is 6.92 Å². The number of hydrogen-bond acceptors (Lipinski definition) is 5. The van der Waals surface area contributed by atoms with Gasteiger partial charge in [-0.1, -0.05) is 19.8 Å². The first-order valence-electron chi connectivity index (χ1n) is 7.14. The van der Waals surface area contributed by atoms with Crippen molar-refractivity contribution in [1.29, 1.82) is 0 Å². The number of anilines is 2. The Hall–Kier alpha value is -1.52. The van der Waals surface area contributed by atoms with E-state index in [0.29, 0.717) is 11.8 Å². The van der Waals surface area contributed by atoms with E-state index < -0.39 is 0 Å². The third kappa shape index (κ3) is 3.49. The van der Waals surface area contributed by atoms with Crippen molar-refractivity contribution in [3.63, 3.8) is 0 Å². The summed E-state index contributed by atoms with van der Waals surface area (Å²) in [6, 6.07) is 0.488. The second-order valence-electron chi connectivity index (χ2n) is 5.25. The van der Waals surface area contributed by atoms with Crippen LogP contribution in [0.3, 0.4) is 0 Å². The molecule has 5 nitrogen and oxygen atoms in total. The van der Waals surface area contributed by atoms with Crippen molar-refractivity contribution in [2.45, 2.75) is 45.6 Å². The van der Waals surface area contributed by atoms with Gasteiger partial charge in [0.05, 0.1) is 7.11 Å². The van der Waals surface area contributed by atoms with Crippen LogP contribution >= 0.6 is 0 Å². The van der Waals surface area contributed by atoms with E-state index in [9.17, 15) is 0 Å². The lowest BCUT2D eigenvalue weighted by Crippen LogP contribution is -2.27. The maximum Gasteiger partial charge on any atom is 0.204 e. The largest absolute Gasteiger partial charge is 0.490 e. The van der Waals surface area contributed by atoms with E-state index in [-0.39, 0.29) is 0 Å². The summed E-state index contributed by atoms with van der Waals surface area (Å²) in [5.41, 5.74) is 0. The highest BCUT2D eigenvalue weighted by atomic mass is 16.5. The Labute approximate surface area is 115 Å². The number of aromatic nitrogens is 2. The smallest absolute Gasteiger partial charge is 0.204 e. The van der Waals surface area contributed by atoms with Gasteiger partial charge in [0.2, 0.25) is 5.75 Å². The molecule has 1 aliphatic carbocycles. The van der Waals surface area contributed by atoms with Crippen LogP contribution in [0.4, 0.5) is 11.6 Å². The lowest BCUT2D eigenvalue weighted by molar-refractivity contribution is 0.356. The van der Waals surface area contributed by atoms with Gasteiger partial charge in [-0.3, -0.25) is 0 Å². The van der Waals surface area contributed by atoms with Crippen molar-refractivity contribution >= 4 is 11.6 Å². The monoisotopic (exact) mass is 264 g/mol. The summed E-state index contributed by atoms with van der Waals surface area (Å²) in [4.78, 5) is 8.55. The molecule has 1 aliphatic rings. The Kier molecular flexibility index (Phi) is 4.82. The summed E-state index contributed by atoms with van der Waals surface area (Å²) in [6.07, 6.45) is 6.60. The van der Waals surface area contributed by atoms with Crippen LogP contribution in [0, 0.1) is 5.92 Å². The fourth-order valence-electron chi connectivity index (χ4n) is 2.72. The summed E-state index contributed by atoms with van der Waals surface area (Å²) in [7, 11) is 1.66. The maximum atomic E-state index is 5.45. The van der Waals surface area contributed by atoms with Crippen LogP contribution in [0.1, 0.15) is 39.5 Å². The fourth-order valence-corrected chi connectivity index (χ4v) is 2.72. The molecule has 0 saturated heterocycles. The predicted octanol–water partition coefficient (Wildman–Crippen LogP) is 2.91. The molecule has 2 N–H and O–H groups in total. The molecule has 106 valence electrons. The summed E-state index contributed by atoms with van der Waals surface area (Å²) < 4.78 is 5.45. The van der Waals surface area contributed by atoms with E-state index in [0.717, 1.165) is 24.1 Å². The lowest BCUT2D eigenvalue weighted by Gasteiger charge is -2.28. The van der Waals surface area contributed by atoms with Crippen LogP contribution in [-0.4, -0.2) is 29.7 Å². The summed E-state index contributed by atoms with van der Waals surface area (Å²) >= 11 is 0. The average Bonchev–Trinajstić information content (AvgIpc) is 2.39. The third-order valence-corrected chi connectivity index (χ3v) is 3.63.